The third-order valence-corrected chi connectivity index (χ3v) is 3.51. The average Bonchev–Trinajstić information content (AvgIpc) is 2.38. The number of ketones is 1. The number of carbonyl (C=O) groups is 1. The Labute approximate surface area is 122 Å². The van der Waals surface area contributed by atoms with Gasteiger partial charge in [-0.3, -0.25) is 4.79 Å². The first-order chi connectivity index (χ1) is 9.38. The fraction of sp³-hybridized carbons (Fsp3) is 0.133. The van der Waals surface area contributed by atoms with Crippen molar-refractivity contribution in [1.29, 1.82) is 0 Å². The minimum absolute atomic E-state index is 0.0702. The molecule has 0 bridgehead atoms. The van der Waals surface area contributed by atoms with Gasteiger partial charge in [-0.15, -0.1) is 0 Å². The fourth-order valence-electron chi connectivity index (χ4n) is 1.78. The molecule has 0 saturated heterocycles. The first-order valence-electron chi connectivity index (χ1n) is 5.82. The molecule has 0 spiro atoms. The van der Waals surface area contributed by atoms with Gasteiger partial charge in [-0.1, -0.05) is 46.3 Å². The summed E-state index contributed by atoms with van der Waals surface area (Å²) in [5, 5.41) is 0. The number of benzene rings is 2. The molecule has 20 heavy (non-hydrogen) atoms. The van der Waals surface area contributed by atoms with E-state index in [0.717, 1.165) is 12.1 Å². The quantitative estimate of drug-likeness (QED) is 0.725. The highest BCUT2D eigenvalue weighted by Gasteiger charge is 2.29. The van der Waals surface area contributed by atoms with E-state index in [1.165, 1.54) is 12.1 Å². The van der Waals surface area contributed by atoms with Gasteiger partial charge in [0.2, 0.25) is 0 Å². The molecule has 2 aromatic rings. The molecule has 0 N–H and O–H groups in total. The Bertz CT molecular complexity index is 618. The highest BCUT2D eigenvalue weighted by molar-refractivity contribution is 9.10. The molecule has 0 aromatic heterocycles. The van der Waals surface area contributed by atoms with Gasteiger partial charge >= 0.3 is 6.18 Å². The molecule has 0 aliphatic rings. The number of halogens is 4. The fourth-order valence-corrected chi connectivity index (χ4v) is 2.29. The molecule has 0 radical (unpaired) electrons. The maximum Gasteiger partial charge on any atom is 0.416 e. The van der Waals surface area contributed by atoms with Crippen molar-refractivity contribution in [3.8, 4) is 0 Å². The van der Waals surface area contributed by atoms with Crippen LogP contribution < -0.4 is 0 Å². The topological polar surface area (TPSA) is 17.1 Å². The zero-order valence-electron chi connectivity index (χ0n) is 10.2. The number of carbonyl (C=O) groups excluding carboxylic acids is 1. The summed E-state index contributed by atoms with van der Waals surface area (Å²) >= 11 is 3.28. The summed E-state index contributed by atoms with van der Waals surface area (Å²) in [6.45, 7) is 0. The number of hydrogen-bond acceptors (Lipinski definition) is 1. The Kier molecular flexibility index (Phi) is 4.28. The van der Waals surface area contributed by atoms with E-state index >= 15 is 0 Å². The normalized spacial score (nSPS) is 11.4. The van der Waals surface area contributed by atoms with Gasteiger partial charge in [0.15, 0.2) is 5.78 Å². The van der Waals surface area contributed by atoms with E-state index in [-0.39, 0.29) is 12.2 Å². The lowest BCUT2D eigenvalue weighted by molar-refractivity contribution is -0.137. The lowest BCUT2D eigenvalue weighted by atomic mass is 10.0. The SMILES string of the molecule is O=C(Cc1ccc(C(F)(F)F)cc1)c1ccccc1Br. The van der Waals surface area contributed by atoms with Crippen molar-refractivity contribution in [2.75, 3.05) is 0 Å². The molecule has 0 saturated carbocycles. The van der Waals surface area contributed by atoms with Crippen molar-refractivity contribution in [1.82, 2.24) is 0 Å². The summed E-state index contributed by atoms with van der Waals surface area (Å²) in [6.07, 6.45) is -4.29. The van der Waals surface area contributed by atoms with Crippen molar-refractivity contribution < 1.29 is 18.0 Å². The second-order valence-corrected chi connectivity index (χ2v) is 5.13. The molecular formula is C15H10BrF3O. The van der Waals surface area contributed by atoms with Crippen LogP contribution in [0.3, 0.4) is 0 Å². The standard InChI is InChI=1S/C15H10BrF3O/c16-13-4-2-1-3-12(13)14(20)9-10-5-7-11(8-6-10)15(17,18)19/h1-8H,9H2. The summed E-state index contributed by atoms with van der Waals surface area (Å²) in [5.74, 6) is -0.141. The van der Waals surface area contributed by atoms with E-state index in [1.54, 1.807) is 24.3 Å². The Morgan fingerprint density at radius 1 is 1.00 bits per heavy atom. The van der Waals surface area contributed by atoms with E-state index in [9.17, 15) is 18.0 Å². The molecule has 0 aliphatic heterocycles. The van der Waals surface area contributed by atoms with Crippen LogP contribution in [0.4, 0.5) is 13.2 Å². The predicted molar refractivity (Wildman–Crippen MR) is 73.6 cm³/mol. The van der Waals surface area contributed by atoms with Crippen molar-refractivity contribution in [3.63, 3.8) is 0 Å². The molecule has 0 atom stereocenters. The van der Waals surface area contributed by atoms with E-state index in [2.05, 4.69) is 15.9 Å². The molecule has 5 heteroatoms. The van der Waals surface area contributed by atoms with Crippen LogP contribution >= 0.6 is 15.9 Å². The second-order valence-electron chi connectivity index (χ2n) is 4.27. The number of rotatable bonds is 3. The van der Waals surface area contributed by atoms with E-state index in [0.29, 0.717) is 15.6 Å². The summed E-state index contributed by atoms with van der Waals surface area (Å²) in [6, 6.07) is 11.6. The minimum Gasteiger partial charge on any atom is -0.294 e. The monoisotopic (exact) mass is 342 g/mol. The van der Waals surface area contributed by atoms with E-state index in [1.807, 2.05) is 0 Å². The van der Waals surface area contributed by atoms with Gasteiger partial charge in [0.25, 0.3) is 0 Å². The number of alkyl halides is 3. The number of Topliss-reactive ketones (excluding diaryl/α,β-unsaturated/α-hetero) is 1. The lowest BCUT2D eigenvalue weighted by Crippen LogP contribution is -2.07. The Balaban J connectivity index is 2.15. The van der Waals surface area contributed by atoms with Crippen LogP contribution in [0.5, 0.6) is 0 Å². The first-order valence-corrected chi connectivity index (χ1v) is 6.61. The van der Waals surface area contributed by atoms with Gasteiger partial charge in [0.05, 0.1) is 5.56 Å². The summed E-state index contributed by atoms with van der Waals surface area (Å²) in [7, 11) is 0. The summed E-state index contributed by atoms with van der Waals surface area (Å²) < 4.78 is 38.0. The molecule has 0 amide bonds. The second kappa shape index (κ2) is 5.79. The molecule has 0 unspecified atom stereocenters. The minimum atomic E-state index is -4.36. The van der Waals surface area contributed by atoms with Gasteiger partial charge < -0.3 is 0 Å². The Morgan fingerprint density at radius 2 is 1.60 bits per heavy atom. The van der Waals surface area contributed by atoms with Gasteiger partial charge in [0.1, 0.15) is 0 Å². The van der Waals surface area contributed by atoms with E-state index < -0.39 is 11.7 Å². The zero-order chi connectivity index (χ0) is 14.8. The van der Waals surface area contributed by atoms with Crippen LogP contribution in [0, 0.1) is 0 Å². The van der Waals surface area contributed by atoms with Crippen LogP contribution in [0.25, 0.3) is 0 Å². The van der Waals surface area contributed by atoms with Crippen LogP contribution in [-0.2, 0) is 12.6 Å². The van der Waals surface area contributed by atoms with Crippen LogP contribution in [-0.4, -0.2) is 5.78 Å². The van der Waals surface area contributed by atoms with E-state index in [4.69, 9.17) is 0 Å². The van der Waals surface area contributed by atoms with Gasteiger partial charge in [0, 0.05) is 16.5 Å². The van der Waals surface area contributed by atoms with Crippen LogP contribution in [0.2, 0.25) is 0 Å². The summed E-state index contributed by atoms with van der Waals surface area (Å²) in [4.78, 5) is 12.1. The van der Waals surface area contributed by atoms with Crippen molar-refractivity contribution in [3.05, 3.63) is 69.7 Å². The maximum absolute atomic E-state index is 12.4. The highest BCUT2D eigenvalue weighted by Crippen LogP contribution is 2.29. The zero-order valence-corrected chi connectivity index (χ0v) is 11.8. The lowest BCUT2D eigenvalue weighted by Gasteiger charge is -2.08. The van der Waals surface area contributed by atoms with Gasteiger partial charge in [-0.25, -0.2) is 0 Å². The molecule has 0 fully saturated rings. The maximum atomic E-state index is 12.4. The third kappa shape index (κ3) is 3.48. The van der Waals surface area contributed by atoms with Gasteiger partial charge in [-0.05, 0) is 23.8 Å². The van der Waals surface area contributed by atoms with Crippen molar-refractivity contribution >= 4 is 21.7 Å². The molecular weight excluding hydrogens is 333 g/mol. The predicted octanol–water partition coefficient (Wildman–Crippen LogP) is 4.89. The smallest absolute Gasteiger partial charge is 0.294 e. The molecule has 0 heterocycles. The molecule has 0 aliphatic carbocycles. The molecule has 1 nitrogen and oxygen atoms in total. The average molecular weight is 343 g/mol. The molecule has 104 valence electrons. The third-order valence-electron chi connectivity index (χ3n) is 2.82. The largest absolute Gasteiger partial charge is 0.416 e. The molecule has 2 aromatic carbocycles. The van der Waals surface area contributed by atoms with Crippen LogP contribution in [0.1, 0.15) is 21.5 Å². The van der Waals surface area contributed by atoms with Crippen molar-refractivity contribution in [2.45, 2.75) is 12.6 Å². The van der Waals surface area contributed by atoms with Crippen molar-refractivity contribution in [2.24, 2.45) is 0 Å². The van der Waals surface area contributed by atoms with Gasteiger partial charge in [-0.2, -0.15) is 13.2 Å². The highest BCUT2D eigenvalue weighted by atomic mass is 79.9. The first kappa shape index (κ1) is 14.8. The Morgan fingerprint density at radius 3 is 2.15 bits per heavy atom. The number of hydrogen-bond donors (Lipinski definition) is 0. The summed E-state index contributed by atoms with van der Waals surface area (Å²) in [5.41, 5.74) is 0.362. The molecule has 2 rings (SSSR count). The van der Waals surface area contributed by atoms with Crippen LogP contribution in [0.15, 0.2) is 53.0 Å². The Hall–Kier alpha value is -1.62.